The first-order valence-corrected chi connectivity index (χ1v) is 13.1. The lowest BCUT2D eigenvalue weighted by Crippen LogP contribution is -2.15. The van der Waals surface area contributed by atoms with Crippen LogP contribution in [0.1, 0.15) is 23.1 Å². The topological polar surface area (TPSA) is 91.0 Å². The number of pyridine rings is 1. The summed E-state index contributed by atoms with van der Waals surface area (Å²) in [7, 11) is 0. The number of anilines is 1. The lowest BCUT2D eigenvalue weighted by Gasteiger charge is -2.12. The standard InChI is InChI=1S/C31H23N5OS/c1-19-17-34-38-30(19)23-12-22-15-28(36-31(37)25-13-24(25)16-32)33-18-26(22)27(14-23)35-29(20-8-4-2-5-9-20)21-10-6-3-7-11-21/h2-12,14-15,17-18,24-25H,13H2,1H3,(H,33,36,37). The average molecular weight is 514 g/mol. The summed E-state index contributed by atoms with van der Waals surface area (Å²) in [5.74, 6) is -0.160. The predicted molar refractivity (Wildman–Crippen MR) is 152 cm³/mol. The van der Waals surface area contributed by atoms with Crippen molar-refractivity contribution in [3.8, 4) is 16.5 Å². The van der Waals surface area contributed by atoms with Crippen LogP contribution in [0.2, 0.25) is 0 Å². The van der Waals surface area contributed by atoms with E-state index in [1.54, 1.807) is 6.20 Å². The van der Waals surface area contributed by atoms with Crippen molar-refractivity contribution < 1.29 is 4.79 Å². The van der Waals surface area contributed by atoms with Gasteiger partial charge in [0, 0.05) is 28.9 Å². The summed E-state index contributed by atoms with van der Waals surface area (Å²) < 4.78 is 4.37. The largest absolute Gasteiger partial charge is 0.310 e. The smallest absolute Gasteiger partial charge is 0.230 e. The quantitative estimate of drug-likeness (QED) is 0.249. The minimum absolute atomic E-state index is 0.161. The number of hydrogen-bond acceptors (Lipinski definition) is 6. The molecule has 0 radical (unpaired) electrons. The third-order valence-electron chi connectivity index (χ3n) is 6.70. The summed E-state index contributed by atoms with van der Waals surface area (Å²) in [6.07, 6.45) is 4.23. The Kier molecular flexibility index (Phi) is 6.24. The fraction of sp³-hybridized carbons (Fsp3) is 0.129. The van der Waals surface area contributed by atoms with Crippen molar-refractivity contribution in [3.63, 3.8) is 0 Å². The first-order valence-electron chi connectivity index (χ1n) is 12.4. The molecule has 6 rings (SSSR count). The van der Waals surface area contributed by atoms with Crippen LogP contribution < -0.4 is 5.32 Å². The van der Waals surface area contributed by atoms with Gasteiger partial charge in [0.05, 0.1) is 34.2 Å². The zero-order chi connectivity index (χ0) is 26.1. The molecule has 2 atom stereocenters. The number of aromatic nitrogens is 2. The SMILES string of the molecule is Cc1cnsc1-c1cc(N=C(c2ccccc2)c2ccccc2)c2cnc(NC(=O)C3CC3C#N)cc2c1. The van der Waals surface area contributed by atoms with E-state index in [4.69, 9.17) is 10.3 Å². The van der Waals surface area contributed by atoms with Crippen molar-refractivity contribution in [1.29, 1.82) is 5.26 Å². The van der Waals surface area contributed by atoms with Gasteiger partial charge in [0.15, 0.2) is 0 Å². The van der Waals surface area contributed by atoms with Crippen LogP contribution >= 0.6 is 11.5 Å². The van der Waals surface area contributed by atoms with E-state index in [2.05, 4.69) is 57.1 Å². The molecular weight excluding hydrogens is 490 g/mol. The number of hydrogen-bond donors (Lipinski definition) is 1. The van der Waals surface area contributed by atoms with Gasteiger partial charge in [-0.1, -0.05) is 60.7 Å². The van der Waals surface area contributed by atoms with Crippen molar-refractivity contribution in [2.75, 3.05) is 5.32 Å². The van der Waals surface area contributed by atoms with Crippen LogP contribution in [0.15, 0.2) is 96.2 Å². The van der Waals surface area contributed by atoms with E-state index < -0.39 is 0 Å². The predicted octanol–water partition coefficient (Wildman–Crippen LogP) is 6.93. The van der Waals surface area contributed by atoms with E-state index in [0.717, 1.165) is 49.3 Å². The zero-order valence-corrected chi connectivity index (χ0v) is 21.4. The fourth-order valence-corrected chi connectivity index (χ4v) is 5.29. The molecule has 5 aromatic rings. The summed E-state index contributed by atoms with van der Waals surface area (Å²) in [4.78, 5) is 23.4. The van der Waals surface area contributed by atoms with Crippen molar-refractivity contribution in [1.82, 2.24) is 9.36 Å². The van der Waals surface area contributed by atoms with Crippen LogP contribution in [0.25, 0.3) is 21.2 Å². The minimum Gasteiger partial charge on any atom is -0.310 e. The highest BCUT2D eigenvalue weighted by atomic mass is 32.1. The van der Waals surface area contributed by atoms with Crippen LogP contribution in [-0.4, -0.2) is 21.0 Å². The summed E-state index contributed by atoms with van der Waals surface area (Å²) in [6, 6.07) is 28.5. The van der Waals surface area contributed by atoms with E-state index in [1.165, 1.54) is 11.5 Å². The third kappa shape index (κ3) is 4.70. The zero-order valence-electron chi connectivity index (χ0n) is 20.6. The first kappa shape index (κ1) is 23.7. The van der Waals surface area contributed by atoms with Crippen molar-refractivity contribution in [3.05, 3.63) is 108 Å². The molecule has 7 heteroatoms. The fourth-order valence-electron chi connectivity index (χ4n) is 4.55. The third-order valence-corrected chi connectivity index (χ3v) is 7.65. The molecular formula is C31H23N5OS. The maximum Gasteiger partial charge on any atom is 0.230 e. The van der Waals surface area contributed by atoms with Gasteiger partial charge in [0.25, 0.3) is 0 Å². The van der Waals surface area contributed by atoms with Gasteiger partial charge in [-0.15, -0.1) is 0 Å². The molecule has 1 N–H and O–H groups in total. The molecule has 184 valence electrons. The van der Waals surface area contributed by atoms with Crippen molar-refractivity contribution in [2.45, 2.75) is 13.3 Å². The van der Waals surface area contributed by atoms with Gasteiger partial charge in [-0.25, -0.2) is 14.3 Å². The van der Waals surface area contributed by atoms with Gasteiger partial charge in [0.2, 0.25) is 5.91 Å². The van der Waals surface area contributed by atoms with Crippen LogP contribution in [-0.2, 0) is 4.79 Å². The van der Waals surface area contributed by atoms with Gasteiger partial charge in [-0.2, -0.15) is 5.26 Å². The number of aryl methyl sites for hydroxylation is 1. The first-order chi connectivity index (χ1) is 18.6. The highest BCUT2D eigenvalue weighted by Crippen LogP contribution is 2.39. The summed E-state index contributed by atoms with van der Waals surface area (Å²) in [5.41, 5.74) is 5.77. The molecule has 0 bridgehead atoms. The molecule has 2 aromatic heterocycles. The van der Waals surface area contributed by atoms with Crippen molar-refractivity contribution >= 4 is 45.4 Å². The Bertz CT molecular complexity index is 1680. The van der Waals surface area contributed by atoms with E-state index in [-0.39, 0.29) is 17.7 Å². The Morgan fingerprint density at radius 3 is 2.34 bits per heavy atom. The van der Waals surface area contributed by atoms with Crippen LogP contribution in [0, 0.1) is 30.1 Å². The minimum atomic E-state index is -0.261. The number of nitrogens with zero attached hydrogens (tertiary/aromatic N) is 4. The van der Waals surface area contributed by atoms with Gasteiger partial charge < -0.3 is 5.32 Å². The molecule has 0 spiro atoms. The molecule has 1 fully saturated rings. The number of carbonyl (C=O) groups is 1. The van der Waals surface area contributed by atoms with E-state index in [1.807, 2.05) is 55.6 Å². The summed E-state index contributed by atoms with van der Waals surface area (Å²) in [5, 5.41) is 13.8. The van der Waals surface area contributed by atoms with Gasteiger partial charge in [-0.3, -0.25) is 4.79 Å². The molecule has 6 nitrogen and oxygen atoms in total. The highest BCUT2D eigenvalue weighted by Gasteiger charge is 2.43. The Hall–Kier alpha value is -4.67. The number of aliphatic imine (C=N–C) groups is 1. The van der Waals surface area contributed by atoms with Gasteiger partial charge >= 0.3 is 0 Å². The normalized spacial score (nSPS) is 16.0. The number of benzene rings is 3. The second kappa shape index (κ2) is 10.0. The molecule has 1 saturated carbocycles. The highest BCUT2D eigenvalue weighted by molar-refractivity contribution is 7.09. The number of nitriles is 1. The molecule has 1 aliphatic rings. The molecule has 3 aromatic carbocycles. The molecule has 1 aliphatic carbocycles. The molecule has 38 heavy (non-hydrogen) atoms. The van der Waals surface area contributed by atoms with E-state index in [0.29, 0.717) is 12.2 Å². The van der Waals surface area contributed by atoms with Crippen LogP contribution in [0.3, 0.4) is 0 Å². The maximum absolute atomic E-state index is 12.6. The Labute approximate surface area is 224 Å². The van der Waals surface area contributed by atoms with E-state index in [9.17, 15) is 4.79 Å². The summed E-state index contributed by atoms with van der Waals surface area (Å²) >= 11 is 1.45. The Morgan fingerprint density at radius 2 is 1.74 bits per heavy atom. The van der Waals surface area contributed by atoms with E-state index >= 15 is 0 Å². The number of nitrogens with one attached hydrogen (secondary N) is 1. The Balaban J connectivity index is 1.51. The lowest BCUT2D eigenvalue weighted by atomic mass is 10.0. The number of fused-ring (bicyclic) bond motifs is 1. The second-order valence-electron chi connectivity index (χ2n) is 9.38. The average Bonchev–Trinajstić information content (AvgIpc) is 3.63. The van der Waals surface area contributed by atoms with Gasteiger partial charge in [0.1, 0.15) is 5.82 Å². The maximum atomic E-state index is 12.6. The monoisotopic (exact) mass is 513 g/mol. The molecule has 1 amide bonds. The molecule has 0 saturated heterocycles. The number of rotatable bonds is 6. The number of amides is 1. The van der Waals surface area contributed by atoms with Gasteiger partial charge in [-0.05, 0) is 59.6 Å². The van der Waals surface area contributed by atoms with Crippen molar-refractivity contribution in [2.24, 2.45) is 16.8 Å². The van der Waals surface area contributed by atoms with Crippen LogP contribution in [0.4, 0.5) is 11.5 Å². The lowest BCUT2D eigenvalue weighted by molar-refractivity contribution is -0.117. The molecule has 2 heterocycles. The van der Waals surface area contributed by atoms with Crippen LogP contribution in [0.5, 0.6) is 0 Å². The Morgan fingerprint density at radius 1 is 1.03 bits per heavy atom. The second-order valence-corrected chi connectivity index (χ2v) is 10.2. The molecule has 0 aliphatic heterocycles. The molecule has 2 unspecified atom stereocenters. The number of carbonyl (C=O) groups excluding carboxylic acids is 1. The summed E-state index contributed by atoms with van der Waals surface area (Å²) in [6.45, 7) is 2.05.